The number of aromatic nitrogens is 6. The standard InChI is InChI=1S/C20H25N9O2S2/c1-3-5-27-10-15(8-22-27)24-19-25-16-4-6-32-18(16)17(26-19)14-7-23-29(9-14)20(11-21)12-28(13-20)33(2,30)31/h4,6-10H,3,5,11-13,21H2,1-2H3,(H,24,25,26). The van der Waals surface area contributed by atoms with Gasteiger partial charge in [-0.25, -0.2) is 18.4 Å². The summed E-state index contributed by atoms with van der Waals surface area (Å²) in [4.78, 5) is 9.41. The molecule has 0 unspecified atom stereocenters. The maximum atomic E-state index is 11.8. The predicted molar refractivity (Wildman–Crippen MR) is 128 cm³/mol. The van der Waals surface area contributed by atoms with Crippen molar-refractivity contribution in [3.63, 3.8) is 0 Å². The molecule has 0 atom stereocenters. The summed E-state index contributed by atoms with van der Waals surface area (Å²) >= 11 is 1.56. The fourth-order valence-corrected chi connectivity index (χ4v) is 5.73. The van der Waals surface area contributed by atoms with Gasteiger partial charge in [-0.3, -0.25) is 9.36 Å². The minimum absolute atomic E-state index is 0.285. The van der Waals surface area contributed by atoms with Crippen molar-refractivity contribution in [1.29, 1.82) is 0 Å². The molecular formula is C20H25N9O2S2. The molecule has 11 nitrogen and oxygen atoms in total. The van der Waals surface area contributed by atoms with E-state index in [4.69, 9.17) is 10.7 Å². The van der Waals surface area contributed by atoms with E-state index >= 15 is 0 Å². The Morgan fingerprint density at radius 2 is 2.03 bits per heavy atom. The topological polar surface area (TPSA) is 137 Å². The zero-order valence-electron chi connectivity index (χ0n) is 18.3. The average molecular weight is 488 g/mol. The van der Waals surface area contributed by atoms with Gasteiger partial charge in [0.05, 0.1) is 40.2 Å². The third-order valence-electron chi connectivity index (χ3n) is 5.78. The van der Waals surface area contributed by atoms with Crippen LogP contribution in [0.1, 0.15) is 13.3 Å². The number of anilines is 2. The Morgan fingerprint density at radius 3 is 2.76 bits per heavy atom. The molecule has 0 bridgehead atoms. The largest absolute Gasteiger partial charge is 0.328 e. The molecule has 5 heterocycles. The Hall–Kier alpha value is -2.87. The van der Waals surface area contributed by atoms with Crippen molar-refractivity contribution in [3.05, 3.63) is 36.2 Å². The number of nitrogens with two attached hydrogens (primary N) is 1. The highest BCUT2D eigenvalue weighted by Gasteiger charge is 2.48. The molecule has 174 valence electrons. The minimum Gasteiger partial charge on any atom is -0.328 e. The average Bonchev–Trinajstić information content (AvgIpc) is 3.48. The van der Waals surface area contributed by atoms with E-state index in [0.29, 0.717) is 19.0 Å². The van der Waals surface area contributed by atoms with Gasteiger partial charge in [0, 0.05) is 44.1 Å². The summed E-state index contributed by atoms with van der Waals surface area (Å²) in [6.45, 7) is 3.83. The van der Waals surface area contributed by atoms with Crippen LogP contribution in [0.4, 0.5) is 11.6 Å². The Balaban J connectivity index is 1.46. The second-order valence-electron chi connectivity index (χ2n) is 8.28. The van der Waals surface area contributed by atoms with Crippen molar-refractivity contribution in [2.24, 2.45) is 5.73 Å². The number of hydrogen-bond acceptors (Lipinski definition) is 9. The molecule has 1 saturated heterocycles. The highest BCUT2D eigenvalue weighted by atomic mass is 32.2. The van der Waals surface area contributed by atoms with Crippen LogP contribution in [0.5, 0.6) is 0 Å². The van der Waals surface area contributed by atoms with Crippen molar-refractivity contribution in [1.82, 2.24) is 33.8 Å². The first-order valence-electron chi connectivity index (χ1n) is 10.6. The Labute approximate surface area is 195 Å². The molecule has 4 aromatic rings. The molecule has 33 heavy (non-hydrogen) atoms. The lowest BCUT2D eigenvalue weighted by Crippen LogP contribution is -2.67. The van der Waals surface area contributed by atoms with Crippen LogP contribution in [0.3, 0.4) is 0 Å². The van der Waals surface area contributed by atoms with Crippen molar-refractivity contribution in [2.45, 2.75) is 25.4 Å². The first-order chi connectivity index (χ1) is 15.8. The van der Waals surface area contributed by atoms with Gasteiger partial charge in [0.25, 0.3) is 0 Å². The van der Waals surface area contributed by atoms with Gasteiger partial charge in [0.15, 0.2) is 0 Å². The molecule has 5 rings (SSSR count). The molecule has 0 spiro atoms. The summed E-state index contributed by atoms with van der Waals surface area (Å²) in [5, 5.41) is 14.1. The maximum absolute atomic E-state index is 11.8. The van der Waals surface area contributed by atoms with Gasteiger partial charge in [0.1, 0.15) is 5.54 Å². The van der Waals surface area contributed by atoms with Gasteiger partial charge in [-0.05, 0) is 17.9 Å². The molecule has 0 aliphatic carbocycles. The number of fused-ring (bicyclic) bond motifs is 1. The molecule has 0 saturated carbocycles. The second-order valence-corrected chi connectivity index (χ2v) is 11.2. The molecule has 1 aliphatic rings. The van der Waals surface area contributed by atoms with E-state index in [1.807, 2.05) is 28.5 Å². The third-order valence-corrected chi connectivity index (χ3v) is 7.88. The van der Waals surface area contributed by atoms with Gasteiger partial charge in [-0.2, -0.15) is 14.5 Å². The van der Waals surface area contributed by atoms with Crippen LogP contribution < -0.4 is 11.1 Å². The molecule has 3 N–H and O–H groups in total. The summed E-state index contributed by atoms with van der Waals surface area (Å²) < 4.78 is 29.7. The predicted octanol–water partition coefficient (Wildman–Crippen LogP) is 1.83. The van der Waals surface area contributed by atoms with Crippen LogP contribution in [0, 0.1) is 0 Å². The van der Waals surface area contributed by atoms with Gasteiger partial charge in [-0.1, -0.05) is 6.92 Å². The van der Waals surface area contributed by atoms with Crippen molar-refractivity contribution < 1.29 is 8.42 Å². The number of sulfonamides is 1. The van der Waals surface area contributed by atoms with Crippen molar-refractivity contribution in [3.8, 4) is 11.3 Å². The van der Waals surface area contributed by atoms with E-state index in [0.717, 1.165) is 40.1 Å². The fraction of sp³-hybridized carbons (Fsp3) is 0.400. The summed E-state index contributed by atoms with van der Waals surface area (Å²) in [7, 11) is -3.26. The molecule has 1 aliphatic heterocycles. The lowest BCUT2D eigenvalue weighted by atomic mass is 9.93. The maximum Gasteiger partial charge on any atom is 0.228 e. The van der Waals surface area contributed by atoms with Crippen molar-refractivity contribution in [2.75, 3.05) is 31.2 Å². The molecule has 13 heteroatoms. The molecule has 0 amide bonds. The van der Waals surface area contributed by atoms with Gasteiger partial charge in [0.2, 0.25) is 16.0 Å². The summed E-state index contributed by atoms with van der Waals surface area (Å²) in [6, 6.07) is 1.96. The quantitative estimate of drug-likeness (QED) is 0.384. The molecule has 0 aromatic carbocycles. The zero-order valence-corrected chi connectivity index (χ0v) is 20.0. The lowest BCUT2D eigenvalue weighted by Gasteiger charge is -2.47. The molecule has 1 fully saturated rings. The van der Waals surface area contributed by atoms with E-state index in [-0.39, 0.29) is 6.54 Å². The van der Waals surface area contributed by atoms with Gasteiger partial charge < -0.3 is 11.1 Å². The number of rotatable bonds is 8. The van der Waals surface area contributed by atoms with Crippen LogP contribution in [0.2, 0.25) is 0 Å². The number of aryl methyl sites for hydroxylation is 1. The van der Waals surface area contributed by atoms with Crippen LogP contribution >= 0.6 is 11.3 Å². The smallest absolute Gasteiger partial charge is 0.228 e. The lowest BCUT2D eigenvalue weighted by molar-refractivity contribution is 0.0764. The van der Waals surface area contributed by atoms with Crippen LogP contribution in [0.25, 0.3) is 21.5 Å². The Bertz CT molecular complexity index is 1400. The number of nitrogens with one attached hydrogen (secondary N) is 1. The van der Waals surface area contributed by atoms with Crippen LogP contribution in [0.15, 0.2) is 36.2 Å². The summed E-state index contributed by atoms with van der Waals surface area (Å²) in [5.74, 6) is 0.472. The van der Waals surface area contributed by atoms with E-state index in [1.165, 1.54) is 10.6 Å². The fourth-order valence-electron chi connectivity index (χ4n) is 3.94. The first-order valence-corrected chi connectivity index (χ1v) is 13.3. The Kier molecular flexibility index (Phi) is 5.43. The normalized spacial score (nSPS) is 16.2. The highest BCUT2D eigenvalue weighted by Crippen LogP contribution is 2.34. The monoisotopic (exact) mass is 487 g/mol. The van der Waals surface area contributed by atoms with E-state index in [9.17, 15) is 8.42 Å². The number of thiophene rings is 1. The molecule has 0 radical (unpaired) electrons. The molecular weight excluding hydrogens is 462 g/mol. The van der Waals surface area contributed by atoms with Gasteiger partial charge in [-0.15, -0.1) is 11.3 Å². The highest BCUT2D eigenvalue weighted by molar-refractivity contribution is 7.88. The SMILES string of the molecule is CCCn1cc(Nc2nc(-c3cnn(C4(CN)CN(S(C)(=O)=O)C4)c3)c3sccc3n2)cn1. The van der Waals surface area contributed by atoms with Crippen LogP contribution in [-0.4, -0.2) is 68.1 Å². The number of nitrogens with zero attached hydrogens (tertiary/aromatic N) is 7. The summed E-state index contributed by atoms with van der Waals surface area (Å²) in [5.41, 5.74) is 8.71. The van der Waals surface area contributed by atoms with E-state index in [2.05, 4.69) is 27.4 Å². The van der Waals surface area contributed by atoms with E-state index < -0.39 is 15.6 Å². The van der Waals surface area contributed by atoms with Gasteiger partial charge >= 0.3 is 0 Å². The van der Waals surface area contributed by atoms with Crippen molar-refractivity contribution >= 4 is 43.2 Å². The van der Waals surface area contributed by atoms with Crippen LogP contribution in [-0.2, 0) is 22.1 Å². The van der Waals surface area contributed by atoms with E-state index in [1.54, 1.807) is 28.4 Å². The summed E-state index contributed by atoms with van der Waals surface area (Å²) in [6.07, 6.45) is 9.51. The second kappa shape index (κ2) is 8.17. The third kappa shape index (κ3) is 4.01. The Morgan fingerprint density at radius 1 is 1.21 bits per heavy atom. The first kappa shape index (κ1) is 21.9. The number of hydrogen-bond donors (Lipinski definition) is 2. The molecule has 4 aromatic heterocycles. The minimum atomic E-state index is -3.26. The zero-order chi connectivity index (χ0) is 23.2.